The lowest BCUT2D eigenvalue weighted by Crippen LogP contribution is -2.20. The number of anilines is 2. The topological polar surface area (TPSA) is 50.4 Å². The van der Waals surface area contributed by atoms with Crippen LogP contribution in [0.15, 0.2) is 18.2 Å². The number of ether oxygens (including phenoxy) is 1. The minimum absolute atomic E-state index is 0.290. The van der Waals surface area contributed by atoms with Crippen molar-refractivity contribution in [2.75, 3.05) is 17.7 Å². The number of benzene rings is 1. The fourth-order valence-corrected chi connectivity index (χ4v) is 4.73. The largest absolute Gasteiger partial charge is 0.465 e. The summed E-state index contributed by atoms with van der Waals surface area (Å²) in [5.74, 6) is -0.630. The fourth-order valence-electron chi connectivity index (χ4n) is 3.17. The lowest BCUT2D eigenvalue weighted by Gasteiger charge is -2.13. The van der Waals surface area contributed by atoms with Gasteiger partial charge in [-0.15, -0.1) is 11.3 Å². The molecule has 0 bridgehead atoms. The minimum Gasteiger partial charge on any atom is -0.465 e. The van der Waals surface area contributed by atoms with Gasteiger partial charge < -0.3 is 15.4 Å². The highest BCUT2D eigenvalue weighted by Gasteiger charge is 2.25. The van der Waals surface area contributed by atoms with E-state index in [4.69, 9.17) is 17.0 Å². The van der Waals surface area contributed by atoms with Gasteiger partial charge in [0.2, 0.25) is 0 Å². The number of halogens is 1. The molecule has 0 saturated heterocycles. The molecule has 1 heterocycles. The number of hydrogen-bond acceptors (Lipinski definition) is 4. The molecule has 0 amide bonds. The number of methoxy groups -OCH3 is 1. The molecule has 1 aromatic heterocycles. The molecule has 0 fully saturated rings. The Kier molecular flexibility index (Phi) is 5.88. The maximum Gasteiger partial charge on any atom is 0.341 e. The van der Waals surface area contributed by atoms with Crippen molar-refractivity contribution < 1.29 is 13.9 Å². The quantitative estimate of drug-likeness (QED) is 0.434. The second-order valence-electron chi connectivity index (χ2n) is 6.30. The molecule has 0 atom stereocenters. The Hall–Kier alpha value is -1.99. The molecule has 4 nitrogen and oxygen atoms in total. The zero-order valence-corrected chi connectivity index (χ0v) is 16.4. The standard InChI is InChI=1S/C19H21FN2O2S2/c1-11-10-12(20)8-9-14(11)21-19(25)22-17-16(18(23)24-2)13-6-4-3-5-7-15(13)26-17/h8-10H,3-7H2,1-2H3,(H2,21,22,25). The van der Waals surface area contributed by atoms with E-state index in [1.807, 2.05) is 0 Å². The molecule has 1 aliphatic carbocycles. The van der Waals surface area contributed by atoms with Gasteiger partial charge in [0.25, 0.3) is 0 Å². The van der Waals surface area contributed by atoms with Crippen LogP contribution in [-0.4, -0.2) is 18.2 Å². The van der Waals surface area contributed by atoms with Crippen molar-refractivity contribution in [3.05, 3.63) is 45.6 Å². The number of thiocarbonyl (C=S) groups is 1. The summed E-state index contributed by atoms with van der Waals surface area (Å²) in [6, 6.07) is 4.47. The van der Waals surface area contributed by atoms with Crippen LogP contribution in [0, 0.1) is 12.7 Å². The van der Waals surface area contributed by atoms with E-state index >= 15 is 0 Å². The monoisotopic (exact) mass is 392 g/mol. The molecule has 7 heteroatoms. The molecule has 0 spiro atoms. The van der Waals surface area contributed by atoms with Gasteiger partial charge in [-0.2, -0.15) is 0 Å². The van der Waals surface area contributed by atoms with Crippen LogP contribution in [0.25, 0.3) is 0 Å². The van der Waals surface area contributed by atoms with Gasteiger partial charge in [-0.05, 0) is 74.2 Å². The van der Waals surface area contributed by atoms with Gasteiger partial charge in [0, 0.05) is 10.6 Å². The molecule has 1 aromatic carbocycles. The molecular weight excluding hydrogens is 371 g/mol. The van der Waals surface area contributed by atoms with Crippen molar-refractivity contribution in [2.45, 2.75) is 39.0 Å². The van der Waals surface area contributed by atoms with Gasteiger partial charge in [-0.25, -0.2) is 9.18 Å². The smallest absolute Gasteiger partial charge is 0.341 e. The number of esters is 1. The van der Waals surface area contributed by atoms with Gasteiger partial charge >= 0.3 is 5.97 Å². The molecule has 0 unspecified atom stereocenters. The summed E-state index contributed by atoms with van der Waals surface area (Å²) in [4.78, 5) is 13.6. The first-order valence-electron chi connectivity index (χ1n) is 8.56. The molecule has 1 aliphatic rings. The molecular formula is C19H21FN2O2S2. The zero-order chi connectivity index (χ0) is 18.7. The number of aryl methyl sites for hydroxylation is 2. The van der Waals surface area contributed by atoms with E-state index in [0.717, 1.165) is 42.5 Å². The number of fused-ring (bicyclic) bond motifs is 1. The maximum atomic E-state index is 13.3. The molecule has 3 rings (SSSR count). The highest BCUT2D eigenvalue weighted by atomic mass is 32.1. The Balaban J connectivity index is 1.84. The van der Waals surface area contributed by atoms with Gasteiger partial charge in [-0.1, -0.05) is 6.42 Å². The number of carbonyl (C=O) groups excluding carboxylic acids is 1. The number of carbonyl (C=O) groups is 1. The Morgan fingerprint density at radius 1 is 1.23 bits per heavy atom. The zero-order valence-electron chi connectivity index (χ0n) is 14.8. The van der Waals surface area contributed by atoms with Crippen molar-refractivity contribution in [3.8, 4) is 0 Å². The van der Waals surface area contributed by atoms with E-state index in [-0.39, 0.29) is 11.8 Å². The first-order valence-corrected chi connectivity index (χ1v) is 9.79. The summed E-state index contributed by atoms with van der Waals surface area (Å²) < 4.78 is 18.2. The second kappa shape index (κ2) is 8.14. The summed E-state index contributed by atoms with van der Waals surface area (Å²) in [5, 5.41) is 7.28. The maximum absolute atomic E-state index is 13.3. The molecule has 2 N–H and O–H groups in total. The van der Waals surface area contributed by atoms with E-state index in [9.17, 15) is 9.18 Å². The number of thiophene rings is 1. The van der Waals surface area contributed by atoms with Gasteiger partial charge in [-0.3, -0.25) is 0 Å². The third kappa shape index (κ3) is 4.04. The highest BCUT2D eigenvalue weighted by Crippen LogP contribution is 2.38. The van der Waals surface area contributed by atoms with Crippen LogP contribution in [-0.2, 0) is 17.6 Å². The summed E-state index contributed by atoms with van der Waals surface area (Å²) in [6.07, 6.45) is 5.24. The lowest BCUT2D eigenvalue weighted by molar-refractivity contribution is 0.0601. The Labute approximate surface area is 161 Å². The predicted octanol–water partition coefficient (Wildman–Crippen LogP) is 5.06. The Morgan fingerprint density at radius 2 is 2.00 bits per heavy atom. The van der Waals surface area contributed by atoms with Gasteiger partial charge in [0.15, 0.2) is 5.11 Å². The third-order valence-electron chi connectivity index (χ3n) is 4.47. The average Bonchev–Trinajstić information content (AvgIpc) is 2.77. The van der Waals surface area contributed by atoms with Crippen molar-refractivity contribution >= 4 is 45.3 Å². The van der Waals surface area contributed by atoms with Crippen LogP contribution in [0.5, 0.6) is 0 Å². The van der Waals surface area contributed by atoms with Crippen LogP contribution in [0.3, 0.4) is 0 Å². The Morgan fingerprint density at radius 3 is 2.73 bits per heavy atom. The van der Waals surface area contributed by atoms with E-state index in [1.54, 1.807) is 24.3 Å². The number of nitrogens with one attached hydrogen (secondary N) is 2. The summed E-state index contributed by atoms with van der Waals surface area (Å²) in [6.45, 7) is 1.81. The average molecular weight is 393 g/mol. The minimum atomic E-state index is -0.340. The first-order chi connectivity index (χ1) is 12.5. The summed E-state index contributed by atoms with van der Waals surface area (Å²) >= 11 is 6.96. The van der Waals surface area contributed by atoms with Crippen LogP contribution in [0.2, 0.25) is 0 Å². The molecule has 138 valence electrons. The molecule has 0 saturated carbocycles. The summed E-state index contributed by atoms with van der Waals surface area (Å²) in [7, 11) is 1.39. The number of rotatable bonds is 3. The fraction of sp³-hybridized carbons (Fsp3) is 0.368. The normalized spacial score (nSPS) is 13.5. The molecule has 2 aromatic rings. The van der Waals surface area contributed by atoms with Crippen LogP contribution in [0.1, 0.15) is 45.6 Å². The van der Waals surface area contributed by atoms with Crippen LogP contribution < -0.4 is 10.6 Å². The van der Waals surface area contributed by atoms with Crippen molar-refractivity contribution in [3.63, 3.8) is 0 Å². The SMILES string of the molecule is COC(=O)c1c(NC(=S)Nc2ccc(F)cc2C)sc2c1CCCCC2. The van der Waals surface area contributed by atoms with Gasteiger partial charge in [0.05, 0.1) is 12.7 Å². The van der Waals surface area contributed by atoms with E-state index < -0.39 is 0 Å². The highest BCUT2D eigenvalue weighted by molar-refractivity contribution is 7.80. The third-order valence-corrected chi connectivity index (χ3v) is 5.89. The van der Waals surface area contributed by atoms with E-state index in [1.165, 1.54) is 30.5 Å². The molecule has 0 aliphatic heterocycles. The van der Waals surface area contributed by atoms with Crippen molar-refractivity contribution in [1.29, 1.82) is 0 Å². The van der Waals surface area contributed by atoms with Crippen LogP contribution >= 0.6 is 23.6 Å². The molecule has 0 radical (unpaired) electrons. The van der Waals surface area contributed by atoms with Crippen molar-refractivity contribution in [1.82, 2.24) is 0 Å². The van der Waals surface area contributed by atoms with Gasteiger partial charge in [0.1, 0.15) is 10.8 Å². The van der Waals surface area contributed by atoms with E-state index in [2.05, 4.69) is 10.6 Å². The molecule has 26 heavy (non-hydrogen) atoms. The van der Waals surface area contributed by atoms with Crippen LogP contribution in [0.4, 0.5) is 15.1 Å². The predicted molar refractivity (Wildman–Crippen MR) is 108 cm³/mol. The second-order valence-corrected chi connectivity index (χ2v) is 7.81. The first kappa shape index (κ1) is 18.8. The van der Waals surface area contributed by atoms with E-state index in [0.29, 0.717) is 15.7 Å². The Bertz CT molecular complexity index is 848. The van der Waals surface area contributed by atoms with Crippen molar-refractivity contribution in [2.24, 2.45) is 0 Å². The number of hydrogen-bond donors (Lipinski definition) is 2. The summed E-state index contributed by atoms with van der Waals surface area (Å²) in [5.41, 5.74) is 3.16. The lowest BCUT2D eigenvalue weighted by atomic mass is 10.1.